The van der Waals surface area contributed by atoms with Crippen molar-refractivity contribution in [2.45, 2.75) is 25.3 Å². The standard InChI is InChI=1S/C16H20FNO/c17-15-3-1-2-14(11-15)10-13-4-7-18(8-5-13)16-6-9-19-12-16/h1-3,10-11,16H,4-9,12H2/t16-/m1/s1. The lowest BCUT2D eigenvalue weighted by atomic mass is 9.99. The van der Waals surface area contributed by atoms with Gasteiger partial charge in [0, 0.05) is 25.7 Å². The van der Waals surface area contributed by atoms with E-state index < -0.39 is 0 Å². The van der Waals surface area contributed by atoms with Crippen LogP contribution in [0.3, 0.4) is 0 Å². The lowest BCUT2D eigenvalue weighted by molar-refractivity contribution is 0.138. The molecule has 2 aliphatic rings. The Labute approximate surface area is 113 Å². The summed E-state index contributed by atoms with van der Waals surface area (Å²) in [6.07, 6.45) is 5.49. The maximum Gasteiger partial charge on any atom is 0.123 e. The van der Waals surface area contributed by atoms with E-state index in [1.807, 2.05) is 6.07 Å². The highest BCUT2D eigenvalue weighted by molar-refractivity contribution is 5.53. The van der Waals surface area contributed by atoms with Crippen molar-refractivity contribution in [1.29, 1.82) is 0 Å². The molecule has 3 heteroatoms. The highest BCUT2D eigenvalue weighted by Gasteiger charge is 2.25. The minimum absolute atomic E-state index is 0.158. The topological polar surface area (TPSA) is 12.5 Å². The maximum atomic E-state index is 13.1. The molecule has 3 rings (SSSR count). The summed E-state index contributed by atoms with van der Waals surface area (Å²) < 4.78 is 18.6. The van der Waals surface area contributed by atoms with Gasteiger partial charge >= 0.3 is 0 Å². The molecule has 0 radical (unpaired) electrons. The number of hydrogen-bond donors (Lipinski definition) is 0. The molecule has 0 aliphatic carbocycles. The molecule has 0 N–H and O–H groups in total. The van der Waals surface area contributed by atoms with Crippen molar-refractivity contribution in [2.75, 3.05) is 26.3 Å². The Balaban J connectivity index is 1.60. The van der Waals surface area contributed by atoms with Gasteiger partial charge in [0.2, 0.25) is 0 Å². The Morgan fingerprint density at radius 3 is 2.79 bits per heavy atom. The third-order valence-corrected chi connectivity index (χ3v) is 4.08. The molecule has 2 heterocycles. The van der Waals surface area contributed by atoms with E-state index in [2.05, 4.69) is 11.0 Å². The predicted molar refractivity (Wildman–Crippen MR) is 74.4 cm³/mol. The van der Waals surface area contributed by atoms with Crippen LogP contribution in [-0.4, -0.2) is 37.2 Å². The van der Waals surface area contributed by atoms with E-state index in [1.165, 1.54) is 18.1 Å². The first-order valence-electron chi connectivity index (χ1n) is 7.08. The van der Waals surface area contributed by atoms with Crippen molar-refractivity contribution in [3.8, 4) is 0 Å². The fourth-order valence-corrected chi connectivity index (χ4v) is 2.96. The quantitative estimate of drug-likeness (QED) is 0.811. The maximum absolute atomic E-state index is 13.1. The van der Waals surface area contributed by atoms with Gasteiger partial charge < -0.3 is 4.74 Å². The van der Waals surface area contributed by atoms with E-state index in [9.17, 15) is 4.39 Å². The summed E-state index contributed by atoms with van der Waals surface area (Å²) >= 11 is 0. The van der Waals surface area contributed by atoms with Gasteiger partial charge in [-0.2, -0.15) is 0 Å². The van der Waals surface area contributed by atoms with Crippen LogP contribution in [0.15, 0.2) is 29.8 Å². The summed E-state index contributed by atoms with van der Waals surface area (Å²) in [5.74, 6) is -0.158. The molecular weight excluding hydrogens is 241 g/mol. The zero-order chi connectivity index (χ0) is 13.1. The van der Waals surface area contributed by atoms with E-state index in [-0.39, 0.29) is 5.82 Å². The van der Waals surface area contributed by atoms with Gasteiger partial charge in [-0.3, -0.25) is 4.90 Å². The molecule has 1 aromatic carbocycles. The average molecular weight is 261 g/mol. The van der Waals surface area contributed by atoms with Crippen LogP contribution in [0.2, 0.25) is 0 Å². The lowest BCUT2D eigenvalue weighted by Gasteiger charge is -2.32. The van der Waals surface area contributed by atoms with Crippen LogP contribution in [0.25, 0.3) is 6.08 Å². The first-order valence-corrected chi connectivity index (χ1v) is 7.08. The molecule has 1 aromatic rings. The largest absolute Gasteiger partial charge is 0.380 e. The van der Waals surface area contributed by atoms with Gasteiger partial charge in [-0.25, -0.2) is 4.39 Å². The summed E-state index contributed by atoms with van der Waals surface area (Å²) in [6, 6.07) is 7.45. The summed E-state index contributed by atoms with van der Waals surface area (Å²) in [5.41, 5.74) is 2.41. The highest BCUT2D eigenvalue weighted by atomic mass is 19.1. The molecule has 19 heavy (non-hydrogen) atoms. The van der Waals surface area contributed by atoms with Crippen molar-refractivity contribution in [3.63, 3.8) is 0 Å². The van der Waals surface area contributed by atoms with Crippen LogP contribution < -0.4 is 0 Å². The highest BCUT2D eigenvalue weighted by Crippen LogP contribution is 2.23. The zero-order valence-corrected chi connectivity index (χ0v) is 11.1. The molecule has 2 saturated heterocycles. The van der Waals surface area contributed by atoms with Crippen molar-refractivity contribution >= 4 is 6.08 Å². The smallest absolute Gasteiger partial charge is 0.123 e. The summed E-state index contributed by atoms with van der Waals surface area (Å²) in [4.78, 5) is 2.54. The van der Waals surface area contributed by atoms with Gasteiger partial charge in [-0.1, -0.05) is 23.8 Å². The van der Waals surface area contributed by atoms with Crippen molar-refractivity contribution in [1.82, 2.24) is 4.90 Å². The Hall–Kier alpha value is -1.19. The second-order valence-electron chi connectivity index (χ2n) is 5.41. The van der Waals surface area contributed by atoms with Crippen LogP contribution in [0.1, 0.15) is 24.8 Å². The van der Waals surface area contributed by atoms with E-state index in [0.717, 1.165) is 44.7 Å². The van der Waals surface area contributed by atoms with E-state index in [0.29, 0.717) is 6.04 Å². The minimum Gasteiger partial charge on any atom is -0.380 e. The normalized spacial score (nSPS) is 24.7. The average Bonchev–Trinajstić information content (AvgIpc) is 2.94. The number of benzene rings is 1. The molecule has 102 valence electrons. The second kappa shape index (κ2) is 5.85. The molecule has 0 bridgehead atoms. The summed E-state index contributed by atoms with van der Waals surface area (Å²) in [7, 11) is 0. The Morgan fingerprint density at radius 2 is 2.11 bits per heavy atom. The molecule has 0 aromatic heterocycles. The van der Waals surface area contributed by atoms with Gasteiger partial charge in [0.25, 0.3) is 0 Å². The van der Waals surface area contributed by atoms with E-state index >= 15 is 0 Å². The van der Waals surface area contributed by atoms with Gasteiger partial charge in [-0.05, 0) is 37.0 Å². The second-order valence-corrected chi connectivity index (χ2v) is 5.41. The van der Waals surface area contributed by atoms with E-state index in [4.69, 9.17) is 4.74 Å². The number of rotatable bonds is 2. The fraction of sp³-hybridized carbons (Fsp3) is 0.500. The van der Waals surface area contributed by atoms with E-state index in [1.54, 1.807) is 12.1 Å². The molecule has 0 amide bonds. The molecule has 0 spiro atoms. The first kappa shape index (κ1) is 12.8. The predicted octanol–water partition coefficient (Wildman–Crippen LogP) is 3.09. The van der Waals surface area contributed by atoms with Crippen molar-refractivity contribution in [2.24, 2.45) is 0 Å². The number of piperidine rings is 1. The SMILES string of the molecule is Fc1cccc(C=C2CCN([C@@H]3CCOC3)CC2)c1. The van der Waals surface area contributed by atoms with Gasteiger partial charge in [-0.15, -0.1) is 0 Å². The molecule has 2 aliphatic heterocycles. The number of ether oxygens (including phenoxy) is 1. The fourth-order valence-electron chi connectivity index (χ4n) is 2.96. The van der Waals surface area contributed by atoms with Crippen LogP contribution in [0, 0.1) is 5.82 Å². The molecule has 0 unspecified atom stereocenters. The van der Waals surface area contributed by atoms with Crippen molar-refractivity contribution < 1.29 is 9.13 Å². The van der Waals surface area contributed by atoms with Crippen LogP contribution in [-0.2, 0) is 4.74 Å². The van der Waals surface area contributed by atoms with Crippen LogP contribution in [0.5, 0.6) is 0 Å². The third kappa shape index (κ3) is 3.23. The minimum atomic E-state index is -0.158. The lowest BCUT2D eigenvalue weighted by Crippen LogP contribution is -2.39. The Bertz CT molecular complexity index is 456. The molecule has 0 saturated carbocycles. The van der Waals surface area contributed by atoms with Gasteiger partial charge in [0.15, 0.2) is 0 Å². The molecule has 2 nitrogen and oxygen atoms in total. The monoisotopic (exact) mass is 261 g/mol. The summed E-state index contributed by atoms with van der Waals surface area (Å²) in [6.45, 7) is 4.01. The first-order chi connectivity index (χ1) is 9.31. The Kier molecular flexibility index (Phi) is 3.95. The molecule has 2 fully saturated rings. The summed E-state index contributed by atoms with van der Waals surface area (Å²) in [5, 5.41) is 0. The van der Waals surface area contributed by atoms with Gasteiger partial charge in [0.1, 0.15) is 5.82 Å². The zero-order valence-electron chi connectivity index (χ0n) is 11.1. The number of nitrogens with zero attached hydrogens (tertiary/aromatic N) is 1. The molecular formula is C16H20FNO. The number of likely N-dealkylation sites (tertiary alicyclic amines) is 1. The third-order valence-electron chi connectivity index (χ3n) is 4.08. The molecule has 1 atom stereocenters. The van der Waals surface area contributed by atoms with Crippen LogP contribution in [0.4, 0.5) is 4.39 Å². The van der Waals surface area contributed by atoms with Crippen LogP contribution >= 0.6 is 0 Å². The Morgan fingerprint density at radius 1 is 1.26 bits per heavy atom. The number of hydrogen-bond acceptors (Lipinski definition) is 2. The van der Waals surface area contributed by atoms with Crippen molar-refractivity contribution in [3.05, 3.63) is 41.2 Å². The number of halogens is 1. The van der Waals surface area contributed by atoms with Gasteiger partial charge in [0.05, 0.1) is 6.61 Å².